The molecular formula is C38H24N2. The summed E-state index contributed by atoms with van der Waals surface area (Å²) in [6.07, 6.45) is 0. The van der Waals surface area contributed by atoms with Gasteiger partial charge >= 0.3 is 0 Å². The van der Waals surface area contributed by atoms with Crippen LogP contribution in [0.4, 0.5) is 0 Å². The maximum atomic E-state index is 2.48. The number of benzene rings is 7. The van der Waals surface area contributed by atoms with E-state index >= 15 is 0 Å². The summed E-state index contributed by atoms with van der Waals surface area (Å²) < 4.78 is 4.92. The van der Waals surface area contributed by atoms with E-state index in [1.165, 1.54) is 76.5 Å². The van der Waals surface area contributed by atoms with Crippen LogP contribution in [-0.4, -0.2) is 9.13 Å². The first-order chi connectivity index (χ1) is 19.9. The van der Waals surface area contributed by atoms with Crippen molar-refractivity contribution in [2.24, 2.45) is 0 Å². The summed E-state index contributed by atoms with van der Waals surface area (Å²) in [7, 11) is 0. The van der Waals surface area contributed by atoms with Crippen LogP contribution in [0.15, 0.2) is 146 Å². The number of rotatable bonds is 2. The van der Waals surface area contributed by atoms with Gasteiger partial charge in [-0.05, 0) is 52.6 Å². The molecule has 0 unspecified atom stereocenters. The zero-order chi connectivity index (χ0) is 26.2. The third kappa shape index (κ3) is 2.82. The fourth-order valence-corrected chi connectivity index (χ4v) is 6.83. The SMILES string of the molecule is c1ccc(-n2c3ccccc3c3ccc4c(c5ccccc5n4-c4cc5ccccc5c5ccccc45)c32)cc1. The molecule has 0 atom stereocenters. The Balaban J connectivity index is 1.53. The highest BCUT2D eigenvalue weighted by molar-refractivity contribution is 6.26. The molecule has 186 valence electrons. The Labute approximate surface area is 230 Å². The zero-order valence-electron chi connectivity index (χ0n) is 21.8. The van der Waals surface area contributed by atoms with Gasteiger partial charge in [0.1, 0.15) is 0 Å². The molecule has 0 aliphatic rings. The van der Waals surface area contributed by atoms with E-state index in [9.17, 15) is 0 Å². The van der Waals surface area contributed by atoms with Gasteiger partial charge in [-0.25, -0.2) is 0 Å². The van der Waals surface area contributed by atoms with E-state index in [0.717, 1.165) is 0 Å². The molecule has 9 rings (SSSR count). The van der Waals surface area contributed by atoms with Crippen LogP contribution in [0.2, 0.25) is 0 Å². The standard InChI is InChI=1S/C38H24N2/c1-2-13-26(14-3-1)39-33-20-10-8-18-30(33)31-22-23-35-37(38(31)39)32-19-9-11-21-34(32)40(35)36-24-25-12-4-5-15-27(25)28-16-6-7-17-29(28)36/h1-24H. The molecule has 0 saturated heterocycles. The Morgan fingerprint density at radius 1 is 0.350 bits per heavy atom. The number of para-hydroxylation sites is 3. The van der Waals surface area contributed by atoms with Crippen molar-refractivity contribution < 1.29 is 0 Å². The summed E-state index contributed by atoms with van der Waals surface area (Å²) in [4.78, 5) is 0. The minimum atomic E-state index is 1.18. The van der Waals surface area contributed by atoms with E-state index in [4.69, 9.17) is 0 Å². The molecule has 2 aromatic heterocycles. The largest absolute Gasteiger partial charge is 0.309 e. The maximum absolute atomic E-state index is 2.48. The van der Waals surface area contributed by atoms with Crippen LogP contribution in [0.5, 0.6) is 0 Å². The lowest BCUT2D eigenvalue weighted by Crippen LogP contribution is -1.97. The van der Waals surface area contributed by atoms with Gasteiger partial charge in [-0.1, -0.05) is 109 Å². The van der Waals surface area contributed by atoms with Gasteiger partial charge in [0.25, 0.3) is 0 Å². The van der Waals surface area contributed by atoms with Gasteiger partial charge in [-0.2, -0.15) is 0 Å². The van der Waals surface area contributed by atoms with Crippen molar-refractivity contribution in [3.05, 3.63) is 146 Å². The zero-order valence-corrected chi connectivity index (χ0v) is 21.8. The highest BCUT2D eigenvalue weighted by Gasteiger charge is 2.21. The number of nitrogens with zero attached hydrogens (tertiary/aromatic N) is 2. The highest BCUT2D eigenvalue weighted by atomic mass is 15.0. The van der Waals surface area contributed by atoms with E-state index in [1.807, 2.05) is 0 Å². The monoisotopic (exact) mass is 508 g/mol. The molecule has 0 radical (unpaired) electrons. The van der Waals surface area contributed by atoms with Crippen molar-refractivity contribution in [1.29, 1.82) is 0 Å². The second kappa shape index (κ2) is 8.08. The van der Waals surface area contributed by atoms with E-state index in [2.05, 4.69) is 155 Å². The van der Waals surface area contributed by atoms with Gasteiger partial charge in [-0.3, -0.25) is 0 Å². The Morgan fingerprint density at radius 2 is 0.950 bits per heavy atom. The second-order valence-corrected chi connectivity index (χ2v) is 10.6. The summed E-state index contributed by atoms with van der Waals surface area (Å²) in [6, 6.07) is 52.9. The highest BCUT2D eigenvalue weighted by Crippen LogP contribution is 2.43. The first-order valence-corrected chi connectivity index (χ1v) is 13.8. The lowest BCUT2D eigenvalue weighted by atomic mass is 10.00. The Kier molecular flexibility index (Phi) is 4.36. The van der Waals surface area contributed by atoms with E-state index in [0.29, 0.717) is 0 Å². The molecule has 0 fully saturated rings. The van der Waals surface area contributed by atoms with E-state index < -0.39 is 0 Å². The molecule has 0 aliphatic heterocycles. The fourth-order valence-electron chi connectivity index (χ4n) is 6.83. The minimum absolute atomic E-state index is 1.18. The smallest absolute Gasteiger partial charge is 0.0641 e. The topological polar surface area (TPSA) is 9.86 Å². The van der Waals surface area contributed by atoms with Crippen LogP contribution in [0.25, 0.3) is 76.5 Å². The lowest BCUT2D eigenvalue weighted by molar-refractivity contribution is 1.18. The molecule has 2 heteroatoms. The molecule has 0 N–H and O–H groups in total. The molecule has 2 nitrogen and oxygen atoms in total. The van der Waals surface area contributed by atoms with Crippen LogP contribution in [0.1, 0.15) is 0 Å². The normalized spacial score (nSPS) is 12.0. The Bertz CT molecular complexity index is 2420. The molecule has 0 amide bonds. The van der Waals surface area contributed by atoms with Gasteiger partial charge in [-0.15, -0.1) is 0 Å². The first-order valence-electron chi connectivity index (χ1n) is 13.8. The van der Waals surface area contributed by atoms with Crippen molar-refractivity contribution >= 4 is 65.2 Å². The first kappa shape index (κ1) is 21.6. The molecule has 9 aromatic rings. The molecule has 2 heterocycles. The minimum Gasteiger partial charge on any atom is -0.309 e. The number of aromatic nitrogens is 2. The number of hydrogen-bond acceptors (Lipinski definition) is 0. The van der Waals surface area contributed by atoms with Crippen molar-refractivity contribution in [3.63, 3.8) is 0 Å². The second-order valence-electron chi connectivity index (χ2n) is 10.6. The summed E-state index contributed by atoms with van der Waals surface area (Å²) in [5.41, 5.74) is 7.30. The number of fused-ring (bicyclic) bond motifs is 10. The van der Waals surface area contributed by atoms with Crippen molar-refractivity contribution in [2.75, 3.05) is 0 Å². The predicted molar refractivity (Wildman–Crippen MR) is 170 cm³/mol. The van der Waals surface area contributed by atoms with Crippen molar-refractivity contribution in [2.45, 2.75) is 0 Å². The average Bonchev–Trinajstić information content (AvgIpc) is 3.54. The van der Waals surface area contributed by atoms with Crippen LogP contribution >= 0.6 is 0 Å². The van der Waals surface area contributed by atoms with Crippen LogP contribution in [-0.2, 0) is 0 Å². The molecule has 0 saturated carbocycles. The molecule has 40 heavy (non-hydrogen) atoms. The van der Waals surface area contributed by atoms with Gasteiger partial charge in [0.2, 0.25) is 0 Å². The van der Waals surface area contributed by atoms with Gasteiger partial charge in [0.05, 0.1) is 27.8 Å². The third-order valence-electron chi connectivity index (χ3n) is 8.47. The Morgan fingerprint density at radius 3 is 1.75 bits per heavy atom. The summed E-state index contributed by atoms with van der Waals surface area (Å²) in [5.74, 6) is 0. The van der Waals surface area contributed by atoms with E-state index in [-0.39, 0.29) is 0 Å². The maximum Gasteiger partial charge on any atom is 0.0641 e. The lowest BCUT2D eigenvalue weighted by Gasteiger charge is -2.14. The van der Waals surface area contributed by atoms with Crippen molar-refractivity contribution in [1.82, 2.24) is 9.13 Å². The fraction of sp³-hybridized carbons (Fsp3) is 0. The van der Waals surface area contributed by atoms with Gasteiger partial charge < -0.3 is 9.13 Å². The summed E-state index contributed by atoms with van der Waals surface area (Å²) in [5, 5.41) is 10.2. The molecule has 0 spiro atoms. The van der Waals surface area contributed by atoms with Crippen LogP contribution in [0, 0.1) is 0 Å². The quantitative estimate of drug-likeness (QED) is 0.206. The van der Waals surface area contributed by atoms with E-state index in [1.54, 1.807) is 0 Å². The summed E-state index contributed by atoms with van der Waals surface area (Å²) >= 11 is 0. The molecule has 7 aromatic carbocycles. The number of hydrogen-bond donors (Lipinski definition) is 0. The molecule has 0 bridgehead atoms. The summed E-state index contributed by atoms with van der Waals surface area (Å²) in [6.45, 7) is 0. The van der Waals surface area contributed by atoms with Gasteiger partial charge in [0, 0.05) is 32.6 Å². The Hall–Kier alpha value is -5.34. The molecular weight excluding hydrogens is 484 g/mol. The van der Waals surface area contributed by atoms with Crippen LogP contribution in [0.3, 0.4) is 0 Å². The predicted octanol–water partition coefficient (Wildman–Crippen LogP) is 10.2. The van der Waals surface area contributed by atoms with Gasteiger partial charge in [0.15, 0.2) is 0 Å². The average molecular weight is 509 g/mol. The van der Waals surface area contributed by atoms with Crippen molar-refractivity contribution in [3.8, 4) is 11.4 Å². The molecule has 0 aliphatic carbocycles. The van der Waals surface area contributed by atoms with Crippen LogP contribution < -0.4 is 0 Å². The third-order valence-corrected chi connectivity index (χ3v) is 8.47.